The zero-order chi connectivity index (χ0) is 18.4. The summed E-state index contributed by atoms with van der Waals surface area (Å²) in [5, 5.41) is 4.90. The van der Waals surface area contributed by atoms with Gasteiger partial charge in [0.2, 0.25) is 5.89 Å². The molecular formula is C16H8BrCl2N5O2. The van der Waals surface area contributed by atoms with E-state index in [2.05, 4.69) is 36.0 Å². The van der Waals surface area contributed by atoms with Crippen molar-refractivity contribution in [3.63, 3.8) is 0 Å². The highest BCUT2D eigenvalue weighted by Crippen LogP contribution is 2.28. The van der Waals surface area contributed by atoms with E-state index in [0.29, 0.717) is 32.2 Å². The number of fused-ring (bicyclic) bond motifs is 1. The van der Waals surface area contributed by atoms with E-state index in [-0.39, 0.29) is 16.6 Å². The molecule has 0 aliphatic rings. The van der Waals surface area contributed by atoms with Crippen LogP contribution in [0.2, 0.25) is 10.2 Å². The smallest absolute Gasteiger partial charge is 0.366 e. The van der Waals surface area contributed by atoms with Crippen molar-refractivity contribution in [1.29, 1.82) is 0 Å². The van der Waals surface area contributed by atoms with Crippen molar-refractivity contribution >= 4 is 50.2 Å². The zero-order valence-electron chi connectivity index (χ0n) is 13.1. The first-order valence-corrected chi connectivity index (χ1v) is 8.84. The molecule has 0 atom stereocenters. The summed E-state index contributed by atoms with van der Waals surface area (Å²) in [5.41, 5.74) is 0.934. The molecule has 0 N–H and O–H groups in total. The van der Waals surface area contributed by atoms with Crippen molar-refractivity contribution in [3.05, 3.63) is 61.2 Å². The Bertz CT molecular complexity index is 1220. The Labute approximate surface area is 164 Å². The van der Waals surface area contributed by atoms with Crippen LogP contribution in [0.5, 0.6) is 0 Å². The SMILES string of the molecule is Cc1cc(Cl)nc2c(=O)oc(-c3cc(Br)nn3-c3ncccc3Cl)nc12. The van der Waals surface area contributed by atoms with Crippen LogP contribution in [-0.4, -0.2) is 24.7 Å². The number of hydrogen-bond donors (Lipinski definition) is 0. The summed E-state index contributed by atoms with van der Waals surface area (Å²) in [6.45, 7) is 1.79. The van der Waals surface area contributed by atoms with E-state index >= 15 is 0 Å². The molecule has 0 radical (unpaired) electrons. The molecular weight excluding hydrogens is 445 g/mol. The topological polar surface area (TPSA) is 86.7 Å². The minimum atomic E-state index is -0.647. The molecule has 130 valence electrons. The molecule has 7 nitrogen and oxygen atoms in total. The zero-order valence-corrected chi connectivity index (χ0v) is 16.2. The molecule has 0 bridgehead atoms. The molecule has 4 aromatic rings. The van der Waals surface area contributed by atoms with Gasteiger partial charge in [0.15, 0.2) is 11.3 Å². The van der Waals surface area contributed by atoms with Crippen molar-refractivity contribution < 1.29 is 4.42 Å². The molecule has 0 amide bonds. The maximum atomic E-state index is 12.4. The number of halogens is 3. The van der Waals surface area contributed by atoms with Crippen LogP contribution in [0.4, 0.5) is 0 Å². The lowest BCUT2D eigenvalue weighted by Crippen LogP contribution is -2.09. The second kappa shape index (κ2) is 6.46. The van der Waals surface area contributed by atoms with Gasteiger partial charge in [-0.2, -0.15) is 5.10 Å². The summed E-state index contributed by atoms with van der Waals surface area (Å²) in [7, 11) is 0. The van der Waals surface area contributed by atoms with Gasteiger partial charge in [0.25, 0.3) is 0 Å². The number of rotatable bonds is 2. The van der Waals surface area contributed by atoms with Gasteiger partial charge in [0, 0.05) is 12.3 Å². The number of aryl methyl sites for hydroxylation is 1. The predicted molar refractivity (Wildman–Crippen MR) is 101 cm³/mol. The summed E-state index contributed by atoms with van der Waals surface area (Å²) in [5.74, 6) is 0.444. The van der Waals surface area contributed by atoms with E-state index in [4.69, 9.17) is 27.6 Å². The van der Waals surface area contributed by atoms with Crippen LogP contribution in [0.1, 0.15) is 5.56 Å². The third kappa shape index (κ3) is 2.90. The molecule has 10 heteroatoms. The Morgan fingerprint density at radius 1 is 1.19 bits per heavy atom. The van der Waals surface area contributed by atoms with Crippen molar-refractivity contribution in [2.75, 3.05) is 0 Å². The Hall–Kier alpha value is -2.29. The standard InChI is InChI=1S/C16H8BrCl2N5O2/c1-7-5-11(19)21-13-12(7)22-15(26-16(13)25)9-6-10(17)23-24(9)14-8(18)3-2-4-20-14/h2-6H,1H3. The molecule has 0 aliphatic carbocycles. The van der Waals surface area contributed by atoms with Gasteiger partial charge >= 0.3 is 5.63 Å². The second-order valence-corrected chi connectivity index (χ2v) is 6.95. The first kappa shape index (κ1) is 17.1. The molecule has 0 saturated heterocycles. The van der Waals surface area contributed by atoms with E-state index in [1.165, 1.54) is 4.68 Å². The monoisotopic (exact) mass is 451 g/mol. The van der Waals surface area contributed by atoms with Gasteiger partial charge in [-0.1, -0.05) is 23.2 Å². The van der Waals surface area contributed by atoms with Gasteiger partial charge in [0.1, 0.15) is 21.0 Å². The van der Waals surface area contributed by atoms with E-state index in [1.807, 2.05) is 0 Å². The summed E-state index contributed by atoms with van der Waals surface area (Å²) < 4.78 is 7.31. The van der Waals surface area contributed by atoms with Crippen LogP contribution in [0, 0.1) is 6.92 Å². The molecule has 4 rings (SSSR count). The molecule has 0 aliphatic heterocycles. The minimum Gasteiger partial charge on any atom is -0.400 e. The maximum absolute atomic E-state index is 12.4. The summed E-state index contributed by atoms with van der Waals surface area (Å²) in [6.07, 6.45) is 1.58. The van der Waals surface area contributed by atoms with Crippen LogP contribution in [0.15, 0.2) is 44.3 Å². The van der Waals surface area contributed by atoms with Crippen molar-refractivity contribution in [2.24, 2.45) is 0 Å². The molecule has 4 heterocycles. The number of hydrogen-bond acceptors (Lipinski definition) is 6. The lowest BCUT2D eigenvalue weighted by atomic mass is 10.2. The fourth-order valence-corrected chi connectivity index (χ4v) is 3.30. The Kier molecular flexibility index (Phi) is 4.26. The van der Waals surface area contributed by atoms with Gasteiger partial charge in [-0.05, 0) is 46.6 Å². The average molecular weight is 453 g/mol. The van der Waals surface area contributed by atoms with Crippen LogP contribution in [-0.2, 0) is 0 Å². The molecule has 0 aromatic carbocycles. The maximum Gasteiger partial charge on any atom is 0.366 e. The number of nitrogens with zero attached hydrogens (tertiary/aromatic N) is 5. The lowest BCUT2D eigenvalue weighted by molar-refractivity contribution is 0.511. The molecule has 0 fully saturated rings. The predicted octanol–water partition coefficient (Wildman–Crippen LogP) is 4.21. The molecule has 0 saturated carbocycles. The minimum absolute atomic E-state index is 0.0645. The lowest BCUT2D eigenvalue weighted by Gasteiger charge is -2.07. The quantitative estimate of drug-likeness (QED) is 0.423. The third-order valence-corrected chi connectivity index (χ3v) is 4.46. The van der Waals surface area contributed by atoms with Crippen molar-refractivity contribution in [1.82, 2.24) is 24.7 Å². The summed E-state index contributed by atoms with van der Waals surface area (Å²) >= 11 is 15.5. The largest absolute Gasteiger partial charge is 0.400 e. The first-order valence-electron chi connectivity index (χ1n) is 7.29. The Balaban J connectivity index is 2.01. The van der Waals surface area contributed by atoms with E-state index < -0.39 is 5.63 Å². The highest BCUT2D eigenvalue weighted by atomic mass is 79.9. The van der Waals surface area contributed by atoms with Gasteiger partial charge in [0.05, 0.1) is 5.02 Å². The molecule has 26 heavy (non-hydrogen) atoms. The van der Waals surface area contributed by atoms with E-state index in [1.54, 1.807) is 37.4 Å². The summed E-state index contributed by atoms with van der Waals surface area (Å²) in [6, 6.07) is 6.67. The first-order chi connectivity index (χ1) is 12.4. The van der Waals surface area contributed by atoms with E-state index in [9.17, 15) is 4.79 Å². The van der Waals surface area contributed by atoms with E-state index in [0.717, 1.165) is 0 Å². The molecule has 0 spiro atoms. The van der Waals surface area contributed by atoms with Crippen LogP contribution in [0.25, 0.3) is 28.4 Å². The van der Waals surface area contributed by atoms with Gasteiger partial charge in [-0.3, -0.25) is 0 Å². The fraction of sp³-hybridized carbons (Fsp3) is 0.0625. The van der Waals surface area contributed by atoms with Crippen LogP contribution >= 0.6 is 39.1 Å². The van der Waals surface area contributed by atoms with Crippen LogP contribution in [0.3, 0.4) is 0 Å². The molecule has 4 aromatic heterocycles. The Morgan fingerprint density at radius 2 is 2.00 bits per heavy atom. The van der Waals surface area contributed by atoms with Gasteiger partial charge in [-0.15, -0.1) is 0 Å². The normalized spacial score (nSPS) is 11.2. The highest BCUT2D eigenvalue weighted by Gasteiger charge is 2.19. The second-order valence-electron chi connectivity index (χ2n) is 5.34. The van der Waals surface area contributed by atoms with Gasteiger partial charge < -0.3 is 4.42 Å². The van der Waals surface area contributed by atoms with Crippen molar-refractivity contribution in [3.8, 4) is 17.4 Å². The van der Waals surface area contributed by atoms with Gasteiger partial charge in [-0.25, -0.2) is 24.4 Å². The third-order valence-electron chi connectivity index (χ3n) is 3.59. The fourth-order valence-electron chi connectivity index (χ4n) is 2.48. The summed E-state index contributed by atoms with van der Waals surface area (Å²) in [4.78, 5) is 25.1. The average Bonchev–Trinajstić information content (AvgIpc) is 2.97. The number of pyridine rings is 2. The number of aromatic nitrogens is 5. The van der Waals surface area contributed by atoms with Crippen molar-refractivity contribution in [2.45, 2.75) is 6.92 Å². The molecule has 0 unspecified atom stereocenters. The highest BCUT2D eigenvalue weighted by molar-refractivity contribution is 9.10. The Morgan fingerprint density at radius 3 is 2.77 bits per heavy atom. The van der Waals surface area contributed by atoms with Crippen LogP contribution < -0.4 is 5.63 Å².